The van der Waals surface area contributed by atoms with Crippen LogP contribution in [-0.4, -0.2) is 10.4 Å². The molecule has 0 aliphatic carbocycles. The van der Waals surface area contributed by atoms with Gasteiger partial charge < -0.3 is 4.57 Å². The molecule has 0 N–H and O–H groups in total. The number of ketones is 1. The molecule has 0 unspecified atom stereocenters. The maximum Gasteiger partial charge on any atom is 0.278 e. The molecule has 0 spiro atoms. The summed E-state index contributed by atoms with van der Waals surface area (Å²) in [5.41, 5.74) is 0.433. The third-order valence-corrected chi connectivity index (χ3v) is 1.28. The van der Waals surface area contributed by atoms with Crippen molar-refractivity contribution in [2.75, 3.05) is 0 Å². The number of hydrogen-bond acceptors (Lipinski definition) is 2. The molecule has 1 aromatic heterocycles. The molecular formula is C7H6N2O. The van der Waals surface area contributed by atoms with E-state index < -0.39 is 5.78 Å². The van der Waals surface area contributed by atoms with Gasteiger partial charge in [0.25, 0.3) is 5.78 Å². The molecule has 0 radical (unpaired) electrons. The molecule has 1 heterocycles. The Labute approximate surface area is 58.5 Å². The van der Waals surface area contributed by atoms with Gasteiger partial charge in [0.15, 0.2) is 0 Å². The fourth-order valence-corrected chi connectivity index (χ4v) is 0.754. The van der Waals surface area contributed by atoms with E-state index in [2.05, 4.69) is 0 Å². The van der Waals surface area contributed by atoms with Gasteiger partial charge >= 0.3 is 0 Å². The van der Waals surface area contributed by atoms with Crippen molar-refractivity contribution >= 4 is 5.78 Å². The fourth-order valence-electron chi connectivity index (χ4n) is 0.754. The topological polar surface area (TPSA) is 45.8 Å². The number of carbonyl (C=O) groups is 1. The Morgan fingerprint density at radius 3 is 2.90 bits per heavy atom. The summed E-state index contributed by atoms with van der Waals surface area (Å²) in [5.74, 6) is -0.493. The molecule has 10 heavy (non-hydrogen) atoms. The van der Waals surface area contributed by atoms with Crippen molar-refractivity contribution < 1.29 is 4.79 Å². The maximum atomic E-state index is 10.7. The molecule has 0 atom stereocenters. The molecule has 50 valence electrons. The molecule has 0 fully saturated rings. The lowest BCUT2D eigenvalue weighted by molar-refractivity contribution is 0.104. The van der Waals surface area contributed by atoms with Crippen LogP contribution >= 0.6 is 0 Å². The van der Waals surface area contributed by atoms with Gasteiger partial charge in [0, 0.05) is 13.2 Å². The van der Waals surface area contributed by atoms with Gasteiger partial charge in [-0.1, -0.05) is 0 Å². The number of carbonyl (C=O) groups excluding carboxylic acids is 1. The Bertz CT molecular complexity index is 293. The Hall–Kier alpha value is -1.56. The summed E-state index contributed by atoms with van der Waals surface area (Å²) in [4.78, 5) is 10.7. The van der Waals surface area contributed by atoms with Gasteiger partial charge in [-0.25, -0.2) is 0 Å². The van der Waals surface area contributed by atoms with Crippen molar-refractivity contribution in [2.45, 2.75) is 0 Å². The van der Waals surface area contributed by atoms with E-state index in [9.17, 15) is 4.79 Å². The van der Waals surface area contributed by atoms with E-state index in [4.69, 9.17) is 5.26 Å². The largest absolute Gasteiger partial charge is 0.347 e. The fraction of sp³-hybridized carbons (Fsp3) is 0.143. The molecule has 3 heteroatoms. The predicted octanol–water partition coefficient (Wildman–Crippen LogP) is 0.731. The van der Waals surface area contributed by atoms with Gasteiger partial charge in [-0.05, 0) is 12.1 Å². The predicted molar refractivity (Wildman–Crippen MR) is 35.4 cm³/mol. The smallest absolute Gasteiger partial charge is 0.278 e. The van der Waals surface area contributed by atoms with E-state index in [1.807, 2.05) is 0 Å². The average Bonchev–Trinajstić information content (AvgIpc) is 2.34. The first kappa shape index (κ1) is 6.56. The summed E-state index contributed by atoms with van der Waals surface area (Å²) in [6.45, 7) is 0. The van der Waals surface area contributed by atoms with Crippen molar-refractivity contribution in [3.63, 3.8) is 0 Å². The van der Waals surface area contributed by atoms with E-state index in [0.29, 0.717) is 5.69 Å². The van der Waals surface area contributed by atoms with Gasteiger partial charge in [-0.15, -0.1) is 0 Å². The summed E-state index contributed by atoms with van der Waals surface area (Å²) in [5, 5.41) is 8.22. The zero-order chi connectivity index (χ0) is 7.56. The Morgan fingerprint density at radius 2 is 2.50 bits per heavy atom. The molecule has 0 aliphatic heterocycles. The summed E-state index contributed by atoms with van der Waals surface area (Å²) in [7, 11) is 1.73. The summed E-state index contributed by atoms with van der Waals surface area (Å²) >= 11 is 0. The summed E-state index contributed by atoms with van der Waals surface area (Å²) in [6.07, 6.45) is 1.73. The molecular weight excluding hydrogens is 128 g/mol. The monoisotopic (exact) mass is 134 g/mol. The minimum atomic E-state index is -0.493. The third-order valence-electron chi connectivity index (χ3n) is 1.28. The van der Waals surface area contributed by atoms with Crippen LogP contribution in [0.1, 0.15) is 10.5 Å². The second kappa shape index (κ2) is 2.36. The Kier molecular flexibility index (Phi) is 1.55. The van der Waals surface area contributed by atoms with E-state index in [1.54, 1.807) is 36.0 Å². The van der Waals surface area contributed by atoms with Crippen LogP contribution in [0, 0.1) is 11.3 Å². The molecule has 1 rings (SSSR count). The van der Waals surface area contributed by atoms with Crippen LogP contribution in [0.5, 0.6) is 0 Å². The first-order valence-corrected chi connectivity index (χ1v) is 2.81. The minimum Gasteiger partial charge on any atom is -0.347 e. The lowest BCUT2D eigenvalue weighted by Gasteiger charge is -1.92. The Balaban J connectivity index is 3.08. The number of aryl methyl sites for hydroxylation is 1. The standard InChI is InChI=1S/C7H6N2O/c1-9-4-2-3-6(9)7(10)5-8/h2-4H,1H3. The van der Waals surface area contributed by atoms with Gasteiger partial charge in [0.2, 0.25) is 0 Å². The van der Waals surface area contributed by atoms with Crippen LogP contribution in [0.2, 0.25) is 0 Å². The summed E-state index contributed by atoms with van der Waals surface area (Å²) in [6, 6.07) is 4.89. The van der Waals surface area contributed by atoms with Crippen LogP contribution in [0.4, 0.5) is 0 Å². The highest BCUT2D eigenvalue weighted by Gasteiger charge is 2.05. The highest BCUT2D eigenvalue weighted by Crippen LogP contribution is 1.98. The van der Waals surface area contributed by atoms with Gasteiger partial charge in [0.1, 0.15) is 6.07 Å². The highest BCUT2D eigenvalue weighted by molar-refractivity contribution is 6.06. The van der Waals surface area contributed by atoms with Crippen molar-refractivity contribution in [2.24, 2.45) is 7.05 Å². The average molecular weight is 134 g/mol. The number of Topliss-reactive ketones (excluding diaryl/α,β-unsaturated/α-hetero) is 1. The van der Waals surface area contributed by atoms with Gasteiger partial charge in [0.05, 0.1) is 5.69 Å². The van der Waals surface area contributed by atoms with Crippen LogP contribution in [-0.2, 0) is 7.05 Å². The molecule has 3 nitrogen and oxygen atoms in total. The first-order chi connectivity index (χ1) is 4.75. The van der Waals surface area contributed by atoms with E-state index in [1.165, 1.54) is 0 Å². The second-order valence-corrected chi connectivity index (χ2v) is 1.95. The van der Waals surface area contributed by atoms with Crippen molar-refractivity contribution in [1.82, 2.24) is 4.57 Å². The maximum absolute atomic E-state index is 10.7. The molecule has 0 aromatic carbocycles. The van der Waals surface area contributed by atoms with Crippen LogP contribution < -0.4 is 0 Å². The zero-order valence-electron chi connectivity index (χ0n) is 5.53. The molecule has 0 amide bonds. The quantitative estimate of drug-likeness (QED) is 0.420. The second-order valence-electron chi connectivity index (χ2n) is 1.95. The first-order valence-electron chi connectivity index (χ1n) is 2.81. The number of aromatic nitrogens is 1. The zero-order valence-corrected chi connectivity index (χ0v) is 5.53. The van der Waals surface area contributed by atoms with Gasteiger partial charge in [-0.2, -0.15) is 5.26 Å². The summed E-state index contributed by atoms with van der Waals surface area (Å²) < 4.78 is 1.62. The lowest BCUT2D eigenvalue weighted by Crippen LogP contribution is -2.01. The minimum absolute atomic E-state index is 0.433. The number of hydrogen-bond donors (Lipinski definition) is 0. The van der Waals surface area contributed by atoms with E-state index >= 15 is 0 Å². The SMILES string of the molecule is Cn1cccc1C(=O)C#N. The third kappa shape index (κ3) is 0.914. The van der Waals surface area contributed by atoms with Crippen LogP contribution in [0.15, 0.2) is 18.3 Å². The molecule has 0 bridgehead atoms. The normalized spacial score (nSPS) is 8.80. The van der Waals surface area contributed by atoms with Crippen LogP contribution in [0.3, 0.4) is 0 Å². The van der Waals surface area contributed by atoms with Crippen molar-refractivity contribution in [3.05, 3.63) is 24.0 Å². The van der Waals surface area contributed by atoms with Crippen molar-refractivity contribution in [3.8, 4) is 6.07 Å². The van der Waals surface area contributed by atoms with Crippen molar-refractivity contribution in [1.29, 1.82) is 5.26 Å². The molecule has 0 aliphatic rings. The lowest BCUT2D eigenvalue weighted by atomic mass is 10.3. The molecule has 1 aromatic rings. The molecule has 0 saturated carbocycles. The Morgan fingerprint density at radius 1 is 1.80 bits per heavy atom. The van der Waals surface area contributed by atoms with Crippen LogP contribution in [0.25, 0.3) is 0 Å². The number of nitriles is 1. The number of rotatable bonds is 1. The van der Waals surface area contributed by atoms with Gasteiger partial charge in [-0.3, -0.25) is 4.79 Å². The van der Waals surface area contributed by atoms with E-state index in [0.717, 1.165) is 0 Å². The van der Waals surface area contributed by atoms with E-state index in [-0.39, 0.29) is 0 Å². The highest BCUT2D eigenvalue weighted by atomic mass is 16.1. The number of nitrogens with zero attached hydrogens (tertiary/aromatic N) is 2. The molecule has 0 saturated heterocycles.